The monoisotopic (exact) mass is 396 g/mol. The molecule has 0 radical (unpaired) electrons. The van der Waals surface area contributed by atoms with E-state index in [1.807, 2.05) is 24.3 Å². The Morgan fingerprint density at radius 1 is 1.31 bits per heavy atom. The van der Waals surface area contributed by atoms with Crippen LogP contribution in [0.1, 0.15) is 65.4 Å². The van der Waals surface area contributed by atoms with Crippen LogP contribution in [-0.4, -0.2) is 24.0 Å². The number of rotatable bonds is 7. The van der Waals surface area contributed by atoms with E-state index in [-0.39, 0.29) is 0 Å². The fourth-order valence-corrected chi connectivity index (χ4v) is 4.32. The number of esters is 1. The first-order valence-electron chi connectivity index (χ1n) is 10.4. The third-order valence-electron chi connectivity index (χ3n) is 5.99. The lowest BCUT2D eigenvalue weighted by Crippen LogP contribution is -2.20. The van der Waals surface area contributed by atoms with Crippen LogP contribution in [0.3, 0.4) is 0 Å². The topological polar surface area (TPSA) is 55.8 Å². The number of cyclic esters (lactones) is 1. The van der Waals surface area contributed by atoms with Gasteiger partial charge in [0.15, 0.2) is 0 Å². The predicted octanol–water partition coefficient (Wildman–Crippen LogP) is 5.58. The number of hydrogen-bond donors (Lipinski definition) is 1. The Morgan fingerprint density at radius 2 is 2.03 bits per heavy atom. The lowest BCUT2D eigenvalue weighted by atomic mass is 9.71. The molecule has 1 unspecified atom stereocenters. The van der Waals surface area contributed by atoms with E-state index in [4.69, 9.17) is 9.47 Å². The summed E-state index contributed by atoms with van der Waals surface area (Å²) >= 11 is 0. The summed E-state index contributed by atoms with van der Waals surface area (Å²) in [5, 5.41) is 9.73. The van der Waals surface area contributed by atoms with Gasteiger partial charge in [-0.3, -0.25) is 0 Å². The highest BCUT2D eigenvalue weighted by molar-refractivity contribution is 5.96. The van der Waals surface area contributed by atoms with Crippen molar-refractivity contribution in [3.8, 4) is 5.75 Å². The fraction of sp³-hybridized carbons (Fsp3) is 0.480. The number of hydrogen-bond acceptors (Lipinski definition) is 4. The van der Waals surface area contributed by atoms with Gasteiger partial charge in [-0.15, -0.1) is 0 Å². The van der Waals surface area contributed by atoms with E-state index in [2.05, 4.69) is 33.8 Å². The van der Waals surface area contributed by atoms with E-state index in [9.17, 15) is 9.90 Å². The molecule has 1 atom stereocenters. The Balaban J connectivity index is 1.51. The molecule has 4 nitrogen and oxygen atoms in total. The molecule has 156 valence electrons. The Hall–Kier alpha value is -2.33. The van der Waals surface area contributed by atoms with Gasteiger partial charge in [-0.25, -0.2) is 4.79 Å². The van der Waals surface area contributed by atoms with Gasteiger partial charge in [-0.2, -0.15) is 0 Å². The Bertz CT molecular complexity index is 840. The van der Waals surface area contributed by atoms with E-state index in [0.717, 1.165) is 24.2 Å². The second-order valence-electron chi connectivity index (χ2n) is 8.79. The van der Waals surface area contributed by atoms with E-state index < -0.39 is 12.3 Å². The Labute approximate surface area is 173 Å². The van der Waals surface area contributed by atoms with E-state index in [1.54, 1.807) is 11.1 Å². The fourth-order valence-electron chi connectivity index (χ4n) is 4.32. The second-order valence-corrected chi connectivity index (χ2v) is 8.79. The smallest absolute Gasteiger partial charge is 0.333 e. The van der Waals surface area contributed by atoms with E-state index in [0.29, 0.717) is 17.6 Å². The zero-order valence-corrected chi connectivity index (χ0v) is 18.0. The predicted molar refractivity (Wildman–Crippen MR) is 115 cm³/mol. The molecule has 3 rings (SSSR count). The standard InChI is InChI=1S/C25H32O4/c1-17(7-5-9-22-18(2)8-6-14-25(22,3)4)16-28-20-12-10-19(11-13-20)21-15-23(26)29-24(21)27/h7,10-13,15,24,27H,5-6,8-9,14,16H2,1-4H3/b17-7+. The highest BCUT2D eigenvalue weighted by Gasteiger charge is 2.27. The summed E-state index contributed by atoms with van der Waals surface area (Å²) in [5.74, 6) is 0.241. The number of allylic oxidation sites excluding steroid dienone is 3. The molecule has 0 amide bonds. The highest BCUT2D eigenvalue weighted by atomic mass is 16.6. The van der Waals surface area contributed by atoms with Crippen molar-refractivity contribution in [1.82, 2.24) is 0 Å². The summed E-state index contributed by atoms with van der Waals surface area (Å²) in [7, 11) is 0. The molecule has 1 aliphatic heterocycles. The molecule has 1 aromatic rings. The van der Waals surface area contributed by atoms with Crippen molar-refractivity contribution < 1.29 is 19.4 Å². The van der Waals surface area contributed by atoms with Crippen LogP contribution in [0.2, 0.25) is 0 Å². The minimum absolute atomic E-state index is 0.334. The van der Waals surface area contributed by atoms with Crippen molar-refractivity contribution in [2.45, 2.75) is 66.1 Å². The summed E-state index contributed by atoms with van der Waals surface area (Å²) in [6.45, 7) is 9.69. The first-order valence-corrected chi connectivity index (χ1v) is 10.4. The number of benzene rings is 1. The number of carbonyl (C=O) groups excluding carboxylic acids is 1. The summed E-state index contributed by atoms with van der Waals surface area (Å²) in [6.07, 6.45) is 8.42. The third kappa shape index (κ3) is 5.39. The van der Waals surface area contributed by atoms with Gasteiger partial charge >= 0.3 is 5.97 Å². The van der Waals surface area contributed by atoms with Crippen molar-refractivity contribution in [2.75, 3.05) is 6.61 Å². The molecule has 0 spiro atoms. The molecule has 4 heteroatoms. The lowest BCUT2D eigenvalue weighted by Gasteiger charge is -2.34. The van der Waals surface area contributed by atoms with Gasteiger partial charge in [0.05, 0.1) is 0 Å². The molecule has 0 saturated carbocycles. The van der Waals surface area contributed by atoms with Crippen LogP contribution in [0.4, 0.5) is 0 Å². The van der Waals surface area contributed by atoms with Crippen LogP contribution < -0.4 is 4.74 Å². The third-order valence-corrected chi connectivity index (χ3v) is 5.99. The summed E-state index contributed by atoms with van der Waals surface area (Å²) in [6, 6.07) is 7.34. The average Bonchev–Trinajstić information content (AvgIpc) is 3.00. The van der Waals surface area contributed by atoms with Crippen LogP contribution in [0, 0.1) is 5.41 Å². The van der Waals surface area contributed by atoms with E-state index >= 15 is 0 Å². The molecule has 29 heavy (non-hydrogen) atoms. The van der Waals surface area contributed by atoms with Crippen molar-refractivity contribution in [2.24, 2.45) is 5.41 Å². The number of carbonyl (C=O) groups is 1. The largest absolute Gasteiger partial charge is 0.489 e. The minimum atomic E-state index is -1.19. The van der Waals surface area contributed by atoms with Gasteiger partial charge in [-0.1, -0.05) is 43.2 Å². The van der Waals surface area contributed by atoms with Crippen molar-refractivity contribution in [1.29, 1.82) is 0 Å². The molecule has 1 N–H and O–H groups in total. The highest BCUT2D eigenvalue weighted by Crippen LogP contribution is 2.42. The maximum absolute atomic E-state index is 11.2. The molecule has 0 fully saturated rings. The Morgan fingerprint density at radius 3 is 2.66 bits per heavy atom. The van der Waals surface area contributed by atoms with Crippen molar-refractivity contribution in [3.63, 3.8) is 0 Å². The van der Waals surface area contributed by atoms with Crippen LogP contribution in [0.25, 0.3) is 5.57 Å². The van der Waals surface area contributed by atoms with Gasteiger partial charge < -0.3 is 14.6 Å². The van der Waals surface area contributed by atoms with Gasteiger partial charge in [0, 0.05) is 11.6 Å². The maximum Gasteiger partial charge on any atom is 0.333 e. The average molecular weight is 397 g/mol. The van der Waals surface area contributed by atoms with Crippen molar-refractivity contribution in [3.05, 3.63) is 58.7 Å². The van der Waals surface area contributed by atoms with Crippen molar-refractivity contribution >= 4 is 11.5 Å². The van der Waals surface area contributed by atoms with Crippen LogP contribution in [0.15, 0.2) is 53.1 Å². The summed E-state index contributed by atoms with van der Waals surface area (Å²) in [4.78, 5) is 11.2. The molecular weight excluding hydrogens is 364 g/mol. The molecule has 1 aliphatic carbocycles. The van der Waals surface area contributed by atoms with Gasteiger partial charge in [-0.05, 0) is 74.6 Å². The minimum Gasteiger partial charge on any atom is -0.489 e. The zero-order chi connectivity index (χ0) is 21.0. The molecule has 0 bridgehead atoms. The van der Waals surface area contributed by atoms with Gasteiger partial charge in [0.1, 0.15) is 12.4 Å². The molecule has 1 heterocycles. The quantitative estimate of drug-likeness (QED) is 0.483. The Kier molecular flexibility index (Phi) is 6.63. The van der Waals surface area contributed by atoms with Crippen LogP contribution in [0.5, 0.6) is 5.75 Å². The van der Waals surface area contributed by atoms with Gasteiger partial charge in [0.25, 0.3) is 0 Å². The lowest BCUT2D eigenvalue weighted by molar-refractivity contribution is -0.149. The second kappa shape index (κ2) is 9.00. The molecule has 0 saturated heterocycles. The van der Waals surface area contributed by atoms with E-state index in [1.165, 1.54) is 30.9 Å². The normalized spacial score (nSPS) is 21.8. The molecule has 1 aromatic carbocycles. The summed E-state index contributed by atoms with van der Waals surface area (Å²) in [5.41, 5.74) is 6.00. The molecule has 2 aliphatic rings. The molecule has 0 aromatic heterocycles. The summed E-state index contributed by atoms with van der Waals surface area (Å²) < 4.78 is 10.6. The molecular formula is C25H32O4. The first kappa shape index (κ1) is 21.4. The van der Waals surface area contributed by atoms with Crippen LogP contribution >= 0.6 is 0 Å². The zero-order valence-electron chi connectivity index (χ0n) is 18.0. The maximum atomic E-state index is 11.2. The number of ether oxygens (including phenoxy) is 2. The van der Waals surface area contributed by atoms with Crippen LogP contribution in [-0.2, 0) is 9.53 Å². The SMILES string of the molecule is CC1=C(CC/C=C(\C)COc2ccc(C3=CC(=O)OC3O)cc2)C(C)(C)CCC1. The number of aliphatic hydroxyl groups is 1. The van der Waals surface area contributed by atoms with Gasteiger partial charge in [0.2, 0.25) is 6.29 Å². The first-order chi connectivity index (χ1) is 13.8. The number of aliphatic hydroxyl groups excluding tert-OH is 1.